The minimum atomic E-state index is 1.02. The van der Waals surface area contributed by atoms with Gasteiger partial charge in [0.1, 0.15) is 0 Å². The van der Waals surface area contributed by atoms with E-state index < -0.39 is 0 Å². The van der Waals surface area contributed by atoms with Gasteiger partial charge in [0.2, 0.25) is 6.67 Å². The summed E-state index contributed by atoms with van der Waals surface area (Å²) in [6.07, 6.45) is 2.35. The van der Waals surface area contributed by atoms with Crippen LogP contribution in [0, 0.1) is 6.67 Å². The Morgan fingerprint density at radius 1 is 1.36 bits per heavy atom. The summed E-state index contributed by atoms with van der Waals surface area (Å²) in [5, 5.41) is 8.65. The van der Waals surface area contributed by atoms with Crippen LogP contribution in [0.3, 0.4) is 0 Å². The van der Waals surface area contributed by atoms with Crippen LogP contribution >= 0.6 is 0 Å². The lowest BCUT2D eigenvalue weighted by atomic mass is 10.2. The Morgan fingerprint density at radius 2 is 2.36 bits per heavy atom. The fourth-order valence-corrected chi connectivity index (χ4v) is 1.98. The van der Waals surface area contributed by atoms with E-state index >= 15 is 0 Å². The van der Waals surface area contributed by atoms with Gasteiger partial charge >= 0.3 is 0 Å². The smallest absolute Gasteiger partial charge is 0.227 e. The van der Waals surface area contributed by atoms with Crippen molar-refractivity contribution < 1.29 is 0 Å². The van der Waals surface area contributed by atoms with Gasteiger partial charge in [0.05, 0.1) is 11.0 Å². The Balaban J connectivity index is 2.33. The van der Waals surface area contributed by atoms with E-state index in [1.807, 2.05) is 6.07 Å². The molecule has 70 valence electrons. The SMILES string of the molecule is [C]1N=c2c(cccc2=C2CCCN2)N1. The first-order valence-corrected chi connectivity index (χ1v) is 4.90. The third-order valence-corrected chi connectivity index (χ3v) is 2.66. The lowest BCUT2D eigenvalue weighted by molar-refractivity contribution is 0.910. The highest BCUT2D eigenvalue weighted by Gasteiger charge is 2.10. The molecule has 0 amide bonds. The van der Waals surface area contributed by atoms with E-state index in [0.717, 1.165) is 24.0 Å². The number of hydrogen-bond donors (Lipinski definition) is 2. The highest BCUT2D eigenvalue weighted by atomic mass is 15.1. The molecule has 14 heavy (non-hydrogen) atoms. The average molecular weight is 185 g/mol. The molecule has 2 heterocycles. The molecule has 0 unspecified atom stereocenters. The minimum absolute atomic E-state index is 1.02. The van der Waals surface area contributed by atoms with Crippen LogP contribution < -0.4 is 21.2 Å². The van der Waals surface area contributed by atoms with Crippen molar-refractivity contribution in [3.05, 3.63) is 35.4 Å². The Hall–Kier alpha value is -1.51. The maximum Gasteiger partial charge on any atom is 0.227 e. The standard InChI is InChI=1S/C11H11N3/c1-3-8(9-5-2-6-12-9)11-10(4-1)13-7-14-11/h1,3-4,12-13H,2,5-6H2. The number of para-hydroxylation sites is 1. The molecule has 0 atom stereocenters. The van der Waals surface area contributed by atoms with Crippen LogP contribution in [-0.4, -0.2) is 6.54 Å². The molecule has 0 bridgehead atoms. The van der Waals surface area contributed by atoms with Gasteiger partial charge in [-0.15, -0.1) is 0 Å². The van der Waals surface area contributed by atoms with Crippen molar-refractivity contribution in [2.75, 3.05) is 11.9 Å². The predicted molar refractivity (Wildman–Crippen MR) is 54.7 cm³/mol. The van der Waals surface area contributed by atoms with Crippen molar-refractivity contribution in [3.63, 3.8) is 0 Å². The summed E-state index contributed by atoms with van der Waals surface area (Å²) in [6, 6.07) is 6.19. The minimum Gasteiger partial charge on any atom is -0.388 e. The second-order valence-corrected chi connectivity index (χ2v) is 3.56. The summed E-state index contributed by atoms with van der Waals surface area (Å²) in [5.41, 5.74) is 2.37. The first kappa shape index (κ1) is 7.85. The molecule has 1 fully saturated rings. The zero-order chi connectivity index (χ0) is 9.38. The van der Waals surface area contributed by atoms with Crippen molar-refractivity contribution in [2.45, 2.75) is 12.8 Å². The zero-order valence-electron chi connectivity index (χ0n) is 7.80. The molecule has 0 saturated carbocycles. The van der Waals surface area contributed by atoms with Gasteiger partial charge in [-0.2, -0.15) is 0 Å². The maximum absolute atomic E-state index is 4.22. The van der Waals surface area contributed by atoms with E-state index in [-0.39, 0.29) is 0 Å². The molecular weight excluding hydrogens is 174 g/mol. The van der Waals surface area contributed by atoms with Gasteiger partial charge in [0.15, 0.2) is 0 Å². The first-order valence-electron chi connectivity index (χ1n) is 4.90. The largest absolute Gasteiger partial charge is 0.388 e. The number of nitrogens with one attached hydrogen (secondary N) is 2. The molecular formula is C11H11N3. The average Bonchev–Trinajstić information content (AvgIpc) is 2.88. The maximum atomic E-state index is 4.22. The van der Waals surface area contributed by atoms with Crippen LogP contribution in [0.1, 0.15) is 12.8 Å². The van der Waals surface area contributed by atoms with Gasteiger partial charge in [-0.3, -0.25) is 0 Å². The molecule has 2 aliphatic rings. The zero-order valence-corrected chi connectivity index (χ0v) is 7.80. The van der Waals surface area contributed by atoms with E-state index in [1.54, 1.807) is 0 Å². The number of fused-ring (bicyclic) bond motifs is 1. The van der Waals surface area contributed by atoms with Gasteiger partial charge in [-0.1, -0.05) is 12.1 Å². The molecule has 0 aliphatic carbocycles. The van der Waals surface area contributed by atoms with E-state index in [4.69, 9.17) is 0 Å². The summed E-state index contributed by atoms with van der Waals surface area (Å²) in [7, 11) is 0. The monoisotopic (exact) mass is 185 g/mol. The van der Waals surface area contributed by atoms with Gasteiger partial charge in [0.25, 0.3) is 0 Å². The van der Waals surface area contributed by atoms with Gasteiger partial charge < -0.3 is 10.6 Å². The second kappa shape index (κ2) is 3.01. The Bertz CT molecular complexity index is 468. The van der Waals surface area contributed by atoms with E-state index in [2.05, 4.69) is 34.4 Å². The molecule has 3 rings (SSSR count). The molecule has 0 aromatic heterocycles. The van der Waals surface area contributed by atoms with E-state index in [9.17, 15) is 0 Å². The van der Waals surface area contributed by atoms with Crippen LogP contribution in [-0.2, 0) is 0 Å². The molecule has 3 heteroatoms. The van der Waals surface area contributed by atoms with Crippen LogP contribution in [0.2, 0.25) is 0 Å². The summed E-state index contributed by atoms with van der Waals surface area (Å²) in [5.74, 6) is 0. The number of rotatable bonds is 0. The Labute approximate surface area is 82.5 Å². The van der Waals surface area contributed by atoms with Crippen molar-refractivity contribution in [1.82, 2.24) is 5.32 Å². The van der Waals surface area contributed by atoms with Crippen LogP contribution in [0.15, 0.2) is 23.2 Å². The topological polar surface area (TPSA) is 36.4 Å². The van der Waals surface area contributed by atoms with Crippen molar-refractivity contribution >= 4 is 11.4 Å². The molecule has 2 N–H and O–H groups in total. The van der Waals surface area contributed by atoms with Crippen LogP contribution in [0.25, 0.3) is 5.70 Å². The summed E-state index contributed by atoms with van der Waals surface area (Å²) in [4.78, 5) is 4.22. The molecule has 0 spiro atoms. The second-order valence-electron chi connectivity index (χ2n) is 3.56. The fraction of sp³-hybridized carbons (Fsp3) is 0.273. The quantitative estimate of drug-likeness (QED) is 0.606. The van der Waals surface area contributed by atoms with Crippen molar-refractivity contribution in [2.24, 2.45) is 4.99 Å². The first-order chi connectivity index (χ1) is 6.95. The lowest BCUT2D eigenvalue weighted by Gasteiger charge is -1.99. The highest BCUT2D eigenvalue weighted by molar-refractivity contribution is 5.53. The number of anilines is 1. The number of hydrogen-bond acceptors (Lipinski definition) is 3. The fourth-order valence-electron chi connectivity index (χ4n) is 1.98. The third kappa shape index (κ3) is 1.09. The van der Waals surface area contributed by atoms with Gasteiger partial charge in [-0.25, -0.2) is 4.99 Å². The summed E-state index contributed by atoms with van der Waals surface area (Å²) < 4.78 is 0. The molecule has 1 saturated heterocycles. The summed E-state index contributed by atoms with van der Waals surface area (Å²) in [6.45, 7) is 3.87. The molecule has 1 aromatic rings. The molecule has 1 aromatic carbocycles. The number of benzene rings is 1. The summed E-state index contributed by atoms with van der Waals surface area (Å²) >= 11 is 0. The van der Waals surface area contributed by atoms with Crippen LogP contribution in [0.5, 0.6) is 0 Å². The molecule has 3 nitrogen and oxygen atoms in total. The highest BCUT2D eigenvalue weighted by Crippen LogP contribution is 2.09. The third-order valence-electron chi connectivity index (χ3n) is 2.66. The van der Waals surface area contributed by atoms with Crippen molar-refractivity contribution in [3.8, 4) is 0 Å². The number of nitrogens with zero attached hydrogens (tertiary/aromatic N) is 1. The van der Waals surface area contributed by atoms with Crippen molar-refractivity contribution in [1.29, 1.82) is 0 Å². The van der Waals surface area contributed by atoms with E-state index in [0.29, 0.717) is 0 Å². The van der Waals surface area contributed by atoms with Gasteiger partial charge in [-0.05, 0) is 18.9 Å². The Morgan fingerprint density at radius 3 is 3.21 bits per heavy atom. The van der Waals surface area contributed by atoms with Crippen LogP contribution in [0.4, 0.5) is 5.69 Å². The van der Waals surface area contributed by atoms with Gasteiger partial charge in [0, 0.05) is 17.5 Å². The lowest BCUT2D eigenvalue weighted by Crippen LogP contribution is -2.29. The Kier molecular flexibility index (Phi) is 1.69. The van der Waals surface area contributed by atoms with E-state index in [1.165, 1.54) is 17.3 Å². The predicted octanol–water partition coefficient (Wildman–Crippen LogP) is 0.220. The normalized spacial score (nSPS) is 22.3. The molecule has 2 radical (unpaired) electrons. The molecule has 2 aliphatic heterocycles.